The Bertz CT molecular complexity index is 367. The highest BCUT2D eigenvalue weighted by Gasteiger charge is 2.21. The largest absolute Gasteiger partial charge is 0.384 e. The van der Waals surface area contributed by atoms with Crippen LogP contribution in [0.3, 0.4) is 0 Å². The minimum Gasteiger partial charge on any atom is -0.384 e. The topological polar surface area (TPSA) is 58.6 Å². The van der Waals surface area contributed by atoms with Crippen LogP contribution >= 0.6 is 11.6 Å². The van der Waals surface area contributed by atoms with Crippen LogP contribution in [-0.2, 0) is 9.53 Å². The smallest absolute Gasteiger partial charge is 0.218 e. The van der Waals surface area contributed by atoms with E-state index in [-0.39, 0.29) is 5.91 Å². The lowest BCUT2D eigenvalue weighted by molar-refractivity contribution is -0.128. The first kappa shape index (κ1) is 14.0. The Balaban J connectivity index is 2.79. The number of aliphatic hydroxyl groups is 1. The molecule has 0 bridgehead atoms. The van der Waals surface area contributed by atoms with Gasteiger partial charge in [-0.05, 0) is 24.6 Å². The Labute approximate surface area is 106 Å². The van der Waals surface area contributed by atoms with Crippen molar-refractivity contribution in [2.24, 2.45) is 0 Å². The summed E-state index contributed by atoms with van der Waals surface area (Å²) in [5.41, 5.74) is 0.640. The zero-order valence-electron chi connectivity index (χ0n) is 9.81. The fourth-order valence-electron chi connectivity index (χ4n) is 1.43. The normalized spacial score (nSPS) is 14.1. The van der Waals surface area contributed by atoms with E-state index in [0.29, 0.717) is 17.2 Å². The van der Waals surface area contributed by atoms with Gasteiger partial charge in [0, 0.05) is 18.6 Å². The van der Waals surface area contributed by atoms with Crippen LogP contribution < -0.4 is 5.32 Å². The van der Waals surface area contributed by atoms with Gasteiger partial charge in [0.1, 0.15) is 6.10 Å². The maximum atomic E-state index is 11.0. The van der Waals surface area contributed by atoms with Crippen LogP contribution in [0.4, 0.5) is 0 Å². The van der Waals surface area contributed by atoms with Crippen LogP contribution in [0, 0.1) is 0 Å². The summed E-state index contributed by atoms with van der Waals surface area (Å²) in [6, 6.07) is 6.75. The fourth-order valence-corrected chi connectivity index (χ4v) is 1.55. The molecule has 0 saturated heterocycles. The number of hydrogen-bond acceptors (Lipinski definition) is 3. The molecular weight excluding hydrogens is 242 g/mol. The van der Waals surface area contributed by atoms with E-state index in [1.807, 2.05) is 0 Å². The van der Waals surface area contributed by atoms with Gasteiger partial charge in [0.15, 0.2) is 6.23 Å². The standard InChI is InChI=1S/C12H16ClNO3/c1-3-17-12(14-8(2)15)11(16)9-4-6-10(13)7-5-9/h4-7,11-12,16H,3H2,1-2H3,(H,14,15)/t11-,12+/m1/s1. The minimum absolute atomic E-state index is 0.253. The van der Waals surface area contributed by atoms with Crippen LogP contribution in [-0.4, -0.2) is 23.8 Å². The number of amides is 1. The molecule has 1 rings (SSSR count). The van der Waals surface area contributed by atoms with Crippen molar-refractivity contribution in [2.45, 2.75) is 26.2 Å². The average molecular weight is 258 g/mol. The molecule has 0 saturated carbocycles. The van der Waals surface area contributed by atoms with Crippen LogP contribution in [0.5, 0.6) is 0 Å². The number of aliphatic hydroxyl groups excluding tert-OH is 1. The number of carbonyl (C=O) groups excluding carboxylic acids is 1. The Morgan fingerprint density at radius 1 is 1.47 bits per heavy atom. The van der Waals surface area contributed by atoms with Crippen molar-refractivity contribution in [3.05, 3.63) is 34.9 Å². The molecule has 94 valence electrons. The lowest BCUT2D eigenvalue weighted by Crippen LogP contribution is -2.40. The van der Waals surface area contributed by atoms with Crippen molar-refractivity contribution in [1.82, 2.24) is 5.32 Å². The quantitative estimate of drug-likeness (QED) is 0.792. The summed E-state index contributed by atoms with van der Waals surface area (Å²) < 4.78 is 5.28. The second kappa shape index (κ2) is 6.59. The average Bonchev–Trinajstić information content (AvgIpc) is 2.28. The molecule has 4 nitrogen and oxygen atoms in total. The second-order valence-electron chi connectivity index (χ2n) is 3.57. The van der Waals surface area contributed by atoms with Gasteiger partial charge in [-0.2, -0.15) is 0 Å². The third-order valence-electron chi connectivity index (χ3n) is 2.19. The van der Waals surface area contributed by atoms with E-state index in [4.69, 9.17) is 16.3 Å². The van der Waals surface area contributed by atoms with Crippen molar-refractivity contribution in [1.29, 1.82) is 0 Å². The molecule has 0 unspecified atom stereocenters. The van der Waals surface area contributed by atoms with E-state index < -0.39 is 12.3 Å². The Morgan fingerprint density at radius 2 is 2.06 bits per heavy atom. The van der Waals surface area contributed by atoms with Gasteiger partial charge in [-0.1, -0.05) is 23.7 Å². The van der Waals surface area contributed by atoms with Crippen molar-refractivity contribution >= 4 is 17.5 Å². The molecule has 2 atom stereocenters. The maximum Gasteiger partial charge on any atom is 0.218 e. The van der Waals surface area contributed by atoms with Gasteiger partial charge >= 0.3 is 0 Å². The Kier molecular flexibility index (Phi) is 5.41. The van der Waals surface area contributed by atoms with Gasteiger partial charge in [-0.25, -0.2) is 0 Å². The molecule has 0 radical (unpaired) electrons. The van der Waals surface area contributed by atoms with E-state index in [2.05, 4.69) is 5.32 Å². The molecule has 0 aliphatic carbocycles. The lowest BCUT2D eigenvalue weighted by atomic mass is 10.1. The van der Waals surface area contributed by atoms with Gasteiger partial charge in [-0.15, -0.1) is 0 Å². The summed E-state index contributed by atoms with van der Waals surface area (Å²) in [4.78, 5) is 11.0. The van der Waals surface area contributed by atoms with Gasteiger partial charge in [0.25, 0.3) is 0 Å². The number of benzene rings is 1. The molecule has 0 spiro atoms. The highest BCUT2D eigenvalue weighted by atomic mass is 35.5. The van der Waals surface area contributed by atoms with E-state index in [9.17, 15) is 9.90 Å². The van der Waals surface area contributed by atoms with Crippen molar-refractivity contribution < 1.29 is 14.6 Å². The highest BCUT2D eigenvalue weighted by molar-refractivity contribution is 6.30. The summed E-state index contributed by atoms with van der Waals surface area (Å²) in [7, 11) is 0. The Morgan fingerprint density at radius 3 is 2.53 bits per heavy atom. The number of hydrogen-bond donors (Lipinski definition) is 2. The molecule has 0 heterocycles. The molecule has 17 heavy (non-hydrogen) atoms. The summed E-state index contributed by atoms with van der Waals surface area (Å²) in [5.74, 6) is -0.253. The van der Waals surface area contributed by atoms with Crippen LogP contribution in [0.1, 0.15) is 25.5 Å². The number of carbonyl (C=O) groups is 1. The highest BCUT2D eigenvalue weighted by Crippen LogP contribution is 2.20. The molecule has 0 fully saturated rings. The van der Waals surface area contributed by atoms with Crippen LogP contribution in [0.25, 0.3) is 0 Å². The number of ether oxygens (including phenoxy) is 1. The summed E-state index contributed by atoms with van der Waals surface area (Å²) in [6.45, 7) is 3.57. The number of rotatable bonds is 5. The monoisotopic (exact) mass is 257 g/mol. The predicted octanol–water partition coefficient (Wildman–Crippen LogP) is 1.87. The zero-order valence-corrected chi connectivity index (χ0v) is 10.6. The first-order valence-electron chi connectivity index (χ1n) is 5.36. The molecule has 1 aromatic carbocycles. The van der Waals surface area contributed by atoms with Crippen molar-refractivity contribution in [2.75, 3.05) is 6.61 Å². The molecular formula is C12H16ClNO3. The second-order valence-corrected chi connectivity index (χ2v) is 4.01. The van der Waals surface area contributed by atoms with Gasteiger partial charge in [-0.3, -0.25) is 4.79 Å². The van der Waals surface area contributed by atoms with Gasteiger partial charge in [0.2, 0.25) is 5.91 Å². The first-order valence-corrected chi connectivity index (χ1v) is 5.74. The molecule has 2 N–H and O–H groups in total. The van der Waals surface area contributed by atoms with E-state index >= 15 is 0 Å². The molecule has 5 heteroatoms. The zero-order chi connectivity index (χ0) is 12.8. The molecule has 1 aromatic rings. The minimum atomic E-state index is -0.920. The first-order chi connectivity index (χ1) is 8.04. The predicted molar refractivity (Wildman–Crippen MR) is 65.6 cm³/mol. The van der Waals surface area contributed by atoms with Gasteiger partial charge in [0.05, 0.1) is 0 Å². The maximum absolute atomic E-state index is 11.0. The third-order valence-corrected chi connectivity index (χ3v) is 2.44. The van der Waals surface area contributed by atoms with E-state index in [1.165, 1.54) is 6.92 Å². The van der Waals surface area contributed by atoms with E-state index in [0.717, 1.165) is 0 Å². The van der Waals surface area contributed by atoms with Crippen LogP contribution in [0.15, 0.2) is 24.3 Å². The van der Waals surface area contributed by atoms with Crippen LogP contribution in [0.2, 0.25) is 5.02 Å². The fraction of sp³-hybridized carbons (Fsp3) is 0.417. The SMILES string of the molecule is CCO[C@H](NC(C)=O)[C@H](O)c1ccc(Cl)cc1. The lowest BCUT2D eigenvalue weighted by Gasteiger charge is -2.23. The summed E-state index contributed by atoms with van der Waals surface area (Å²) >= 11 is 5.76. The number of nitrogens with one attached hydrogen (secondary N) is 1. The summed E-state index contributed by atoms with van der Waals surface area (Å²) in [5, 5.41) is 13.2. The molecule has 0 aliphatic rings. The molecule has 0 aromatic heterocycles. The molecule has 1 amide bonds. The Hall–Kier alpha value is -1.10. The molecule has 0 aliphatic heterocycles. The third kappa shape index (κ3) is 4.34. The van der Waals surface area contributed by atoms with Gasteiger partial charge < -0.3 is 15.2 Å². The van der Waals surface area contributed by atoms with E-state index in [1.54, 1.807) is 31.2 Å². The summed E-state index contributed by atoms with van der Waals surface area (Å²) in [6.07, 6.45) is -1.67. The van der Waals surface area contributed by atoms with Crippen molar-refractivity contribution in [3.63, 3.8) is 0 Å². The van der Waals surface area contributed by atoms with Crippen molar-refractivity contribution in [3.8, 4) is 0 Å². The number of halogens is 1.